The molecule has 2 rings (SSSR count). The zero-order valence-electron chi connectivity index (χ0n) is 14.4. The maximum atomic E-state index is 12.4. The van der Waals surface area contributed by atoms with Gasteiger partial charge in [0.05, 0.1) is 7.05 Å². The molecule has 1 N–H and O–H groups in total. The number of hydrogen-bond acceptors (Lipinski definition) is 4. The lowest BCUT2D eigenvalue weighted by atomic mass is 9.98. The third-order valence-electron chi connectivity index (χ3n) is 3.95. The van der Waals surface area contributed by atoms with E-state index in [0.29, 0.717) is 11.6 Å². The van der Waals surface area contributed by atoms with Crippen LogP contribution < -0.4 is 5.32 Å². The van der Waals surface area contributed by atoms with Crippen LogP contribution in [-0.4, -0.2) is 47.5 Å². The Bertz CT molecular complexity index is 756. The molecule has 0 saturated heterocycles. The fourth-order valence-electron chi connectivity index (χ4n) is 2.68. The molecule has 0 aliphatic heterocycles. The Hall–Kier alpha value is -2.38. The van der Waals surface area contributed by atoms with Gasteiger partial charge in [0, 0.05) is 30.1 Å². The fourth-order valence-corrected chi connectivity index (χ4v) is 2.81. The van der Waals surface area contributed by atoms with Crippen molar-refractivity contribution < 1.29 is 9.72 Å². The van der Waals surface area contributed by atoms with E-state index >= 15 is 0 Å². The predicted octanol–water partition coefficient (Wildman–Crippen LogP) is 2.66. The van der Waals surface area contributed by atoms with Crippen molar-refractivity contribution in [3.8, 4) is 0 Å². The highest BCUT2D eigenvalue weighted by atomic mass is 35.5. The van der Waals surface area contributed by atoms with Crippen molar-refractivity contribution in [1.29, 1.82) is 0 Å². The minimum absolute atomic E-state index is 0.0754. The molecular weight excluding hydrogens is 344 g/mol. The van der Waals surface area contributed by atoms with E-state index in [1.807, 2.05) is 43.3 Å². The van der Waals surface area contributed by atoms with Gasteiger partial charge in [0.25, 0.3) is 5.91 Å². The molecule has 7 nitrogen and oxygen atoms in total. The van der Waals surface area contributed by atoms with E-state index in [1.54, 1.807) is 0 Å². The normalized spacial score (nSPS) is 12.2. The molecule has 2 aromatic rings. The highest BCUT2D eigenvalue weighted by Gasteiger charge is 2.22. The Morgan fingerprint density at radius 2 is 1.92 bits per heavy atom. The van der Waals surface area contributed by atoms with Gasteiger partial charge in [0.1, 0.15) is 0 Å². The Morgan fingerprint density at radius 1 is 1.28 bits per heavy atom. The van der Waals surface area contributed by atoms with E-state index < -0.39 is 4.92 Å². The SMILES string of the molecule is CN(C)C[C@H](CNC(=O)c1ccc([N+](=O)[O-])n1C)c1ccc(Cl)cc1. The number of rotatable bonds is 7. The van der Waals surface area contributed by atoms with Gasteiger partial charge in [0.15, 0.2) is 5.69 Å². The lowest BCUT2D eigenvalue weighted by Gasteiger charge is -2.22. The minimum Gasteiger partial charge on any atom is -0.358 e. The molecular formula is C17H21ClN4O3. The number of nitrogens with zero attached hydrogens (tertiary/aromatic N) is 3. The van der Waals surface area contributed by atoms with Crippen molar-refractivity contribution >= 4 is 23.3 Å². The minimum atomic E-state index is -0.515. The Kier molecular flexibility index (Phi) is 6.17. The van der Waals surface area contributed by atoms with E-state index in [0.717, 1.165) is 12.1 Å². The Balaban J connectivity index is 2.10. The number of aromatic nitrogens is 1. The summed E-state index contributed by atoms with van der Waals surface area (Å²) in [6.45, 7) is 1.16. The third kappa shape index (κ3) is 4.80. The number of benzene rings is 1. The number of carbonyl (C=O) groups excluding carboxylic acids is 1. The molecule has 0 fully saturated rings. The number of nitro groups is 1. The van der Waals surface area contributed by atoms with Crippen LogP contribution in [0.4, 0.5) is 5.82 Å². The highest BCUT2D eigenvalue weighted by molar-refractivity contribution is 6.30. The summed E-state index contributed by atoms with van der Waals surface area (Å²) in [5, 5.41) is 14.4. The Labute approximate surface area is 151 Å². The lowest BCUT2D eigenvalue weighted by molar-refractivity contribution is -0.391. The van der Waals surface area contributed by atoms with E-state index in [2.05, 4.69) is 5.32 Å². The molecule has 1 aromatic carbocycles. The van der Waals surface area contributed by atoms with Gasteiger partial charge < -0.3 is 20.3 Å². The molecule has 1 heterocycles. The second kappa shape index (κ2) is 8.13. The molecule has 0 aliphatic carbocycles. The number of halogens is 1. The number of likely N-dealkylation sites (N-methyl/N-ethyl adjacent to an activating group) is 1. The van der Waals surface area contributed by atoms with Crippen LogP contribution in [-0.2, 0) is 7.05 Å². The summed E-state index contributed by atoms with van der Waals surface area (Å²) in [6.07, 6.45) is 0. The molecule has 0 aliphatic rings. The summed E-state index contributed by atoms with van der Waals surface area (Å²) in [4.78, 5) is 24.8. The van der Waals surface area contributed by atoms with Gasteiger partial charge in [-0.05, 0) is 42.8 Å². The van der Waals surface area contributed by atoms with Gasteiger partial charge in [-0.25, -0.2) is 4.57 Å². The van der Waals surface area contributed by atoms with E-state index in [-0.39, 0.29) is 23.3 Å². The third-order valence-corrected chi connectivity index (χ3v) is 4.20. The van der Waals surface area contributed by atoms with Crippen molar-refractivity contribution in [3.05, 3.63) is 62.8 Å². The Morgan fingerprint density at radius 3 is 2.44 bits per heavy atom. The van der Waals surface area contributed by atoms with Crippen LogP contribution in [0.2, 0.25) is 5.02 Å². The quantitative estimate of drug-likeness (QED) is 0.605. The molecule has 0 spiro atoms. The standard InChI is InChI=1S/C17H21ClN4O3/c1-20(2)11-13(12-4-6-14(18)7-5-12)10-19-17(23)15-8-9-16(21(15)3)22(24)25/h4-9,13H,10-11H2,1-3H3,(H,19,23)/t13-/m0/s1. The highest BCUT2D eigenvalue weighted by Crippen LogP contribution is 2.20. The van der Waals surface area contributed by atoms with E-state index in [9.17, 15) is 14.9 Å². The molecule has 0 radical (unpaired) electrons. The van der Waals surface area contributed by atoms with Crippen molar-refractivity contribution in [1.82, 2.24) is 14.8 Å². The topological polar surface area (TPSA) is 80.4 Å². The van der Waals surface area contributed by atoms with Gasteiger partial charge in [-0.2, -0.15) is 0 Å². The molecule has 0 unspecified atom stereocenters. The second-order valence-electron chi connectivity index (χ2n) is 6.11. The van der Waals surface area contributed by atoms with Crippen LogP contribution >= 0.6 is 11.6 Å². The summed E-state index contributed by atoms with van der Waals surface area (Å²) in [6, 6.07) is 10.3. The first-order valence-corrected chi connectivity index (χ1v) is 8.16. The van der Waals surface area contributed by atoms with Gasteiger partial charge in [0.2, 0.25) is 0 Å². The van der Waals surface area contributed by atoms with Crippen LogP contribution in [0.3, 0.4) is 0 Å². The largest absolute Gasteiger partial charge is 0.358 e. The average molecular weight is 365 g/mol. The maximum absolute atomic E-state index is 12.4. The van der Waals surface area contributed by atoms with Crippen molar-refractivity contribution in [2.24, 2.45) is 7.05 Å². The zero-order chi connectivity index (χ0) is 18.6. The maximum Gasteiger partial charge on any atom is 0.323 e. The molecule has 1 atom stereocenters. The van der Waals surface area contributed by atoms with E-state index in [4.69, 9.17) is 11.6 Å². The van der Waals surface area contributed by atoms with Crippen LogP contribution in [0.1, 0.15) is 22.0 Å². The summed E-state index contributed by atoms with van der Waals surface area (Å²) in [7, 11) is 5.43. The van der Waals surface area contributed by atoms with Crippen LogP contribution in [0.25, 0.3) is 0 Å². The lowest BCUT2D eigenvalue weighted by Crippen LogP contribution is -2.33. The summed E-state index contributed by atoms with van der Waals surface area (Å²) in [5.74, 6) is -0.382. The van der Waals surface area contributed by atoms with Crippen molar-refractivity contribution in [2.45, 2.75) is 5.92 Å². The molecule has 134 valence electrons. The molecule has 0 saturated carbocycles. The van der Waals surface area contributed by atoms with Crippen LogP contribution in [0.15, 0.2) is 36.4 Å². The second-order valence-corrected chi connectivity index (χ2v) is 6.55. The smallest absolute Gasteiger partial charge is 0.323 e. The van der Waals surface area contributed by atoms with Crippen LogP contribution in [0, 0.1) is 10.1 Å². The summed E-state index contributed by atoms with van der Waals surface area (Å²) < 4.78 is 1.28. The first kappa shape index (κ1) is 19.0. The predicted molar refractivity (Wildman–Crippen MR) is 97.1 cm³/mol. The molecule has 0 bridgehead atoms. The van der Waals surface area contributed by atoms with Gasteiger partial charge in [-0.1, -0.05) is 23.7 Å². The average Bonchev–Trinajstić information content (AvgIpc) is 2.93. The number of carbonyl (C=O) groups is 1. The summed E-state index contributed by atoms with van der Waals surface area (Å²) >= 11 is 5.94. The fraction of sp³-hybridized carbons (Fsp3) is 0.353. The van der Waals surface area contributed by atoms with Gasteiger partial charge in [-0.15, -0.1) is 0 Å². The first-order valence-electron chi connectivity index (χ1n) is 7.78. The summed E-state index contributed by atoms with van der Waals surface area (Å²) in [5.41, 5.74) is 1.32. The molecule has 8 heteroatoms. The van der Waals surface area contributed by atoms with Gasteiger partial charge in [-0.3, -0.25) is 4.79 Å². The zero-order valence-corrected chi connectivity index (χ0v) is 15.2. The first-order chi connectivity index (χ1) is 11.8. The molecule has 1 aromatic heterocycles. The molecule has 1 amide bonds. The number of nitrogens with one attached hydrogen (secondary N) is 1. The van der Waals surface area contributed by atoms with E-state index in [1.165, 1.54) is 23.7 Å². The van der Waals surface area contributed by atoms with Crippen molar-refractivity contribution in [2.75, 3.05) is 27.2 Å². The monoisotopic (exact) mass is 364 g/mol. The van der Waals surface area contributed by atoms with Crippen LogP contribution in [0.5, 0.6) is 0 Å². The number of hydrogen-bond donors (Lipinski definition) is 1. The molecule has 25 heavy (non-hydrogen) atoms. The van der Waals surface area contributed by atoms with Gasteiger partial charge >= 0.3 is 5.82 Å². The number of amides is 1. The van der Waals surface area contributed by atoms with Crippen molar-refractivity contribution in [3.63, 3.8) is 0 Å².